The number of rotatable bonds is 8. The van der Waals surface area contributed by atoms with Gasteiger partial charge in [-0.2, -0.15) is 0 Å². The second kappa shape index (κ2) is 9.76. The van der Waals surface area contributed by atoms with Gasteiger partial charge >= 0.3 is 5.97 Å². The predicted molar refractivity (Wildman–Crippen MR) is 128 cm³/mol. The van der Waals surface area contributed by atoms with Gasteiger partial charge in [-0.05, 0) is 56.0 Å². The van der Waals surface area contributed by atoms with Crippen LogP contribution in [0, 0.1) is 0 Å². The molecule has 1 amide bonds. The van der Waals surface area contributed by atoms with Gasteiger partial charge in [0, 0.05) is 4.88 Å². The molecule has 0 radical (unpaired) electrons. The number of benzene rings is 2. The highest BCUT2D eigenvalue weighted by molar-refractivity contribution is 7.92. The van der Waals surface area contributed by atoms with E-state index in [-0.39, 0.29) is 11.5 Å². The molecule has 0 aliphatic heterocycles. The van der Waals surface area contributed by atoms with Gasteiger partial charge in [0.2, 0.25) is 5.91 Å². The zero-order chi connectivity index (χ0) is 23.4. The number of carbonyl (C=O) groups excluding carboxylic acids is 2. The van der Waals surface area contributed by atoms with Crippen LogP contribution in [0.3, 0.4) is 0 Å². The number of esters is 1. The Balaban J connectivity index is 1.64. The molecule has 7 nitrogen and oxygen atoms in total. The fraction of sp³-hybridized carbons (Fsp3) is 0.250. The van der Waals surface area contributed by atoms with Gasteiger partial charge in [-0.1, -0.05) is 36.4 Å². The molecule has 1 aliphatic rings. The molecule has 172 valence electrons. The Morgan fingerprint density at radius 1 is 1.03 bits per heavy atom. The molecule has 1 aliphatic carbocycles. The average Bonchev–Trinajstić information content (AvgIpc) is 3.39. The number of ether oxygens (including phenoxy) is 1. The van der Waals surface area contributed by atoms with Gasteiger partial charge in [0.05, 0.1) is 22.8 Å². The van der Waals surface area contributed by atoms with Gasteiger partial charge in [0.1, 0.15) is 11.5 Å². The van der Waals surface area contributed by atoms with Crippen LogP contribution in [0.4, 0.5) is 10.7 Å². The van der Waals surface area contributed by atoms with E-state index in [2.05, 4.69) is 5.32 Å². The number of para-hydroxylation sites is 1. The largest absolute Gasteiger partial charge is 0.462 e. The number of thiophene rings is 1. The fourth-order valence-corrected chi connectivity index (χ4v) is 6.57. The number of amides is 1. The molecule has 1 N–H and O–H groups in total. The Labute approximate surface area is 197 Å². The topological polar surface area (TPSA) is 92.8 Å². The summed E-state index contributed by atoms with van der Waals surface area (Å²) >= 11 is 1.36. The zero-order valence-electron chi connectivity index (χ0n) is 18.1. The van der Waals surface area contributed by atoms with Crippen molar-refractivity contribution >= 4 is 43.9 Å². The molecule has 3 aromatic rings. The number of sulfonamides is 1. The third-order valence-electron chi connectivity index (χ3n) is 5.32. The predicted octanol–water partition coefficient (Wildman–Crippen LogP) is 4.25. The molecule has 33 heavy (non-hydrogen) atoms. The normalized spacial score (nSPS) is 12.8. The second-order valence-electron chi connectivity index (χ2n) is 7.49. The standard InChI is InChI=1S/C24H24N2O5S2/c1-2-31-24(28)22-19-14-9-15-20(19)32-23(22)25-21(27)16-26(17-10-5-3-6-11-17)33(29,30)18-12-7-4-8-13-18/h3-8,10-13H,2,9,14-16H2,1H3,(H,25,27). The number of hydrogen-bond donors (Lipinski definition) is 1. The van der Waals surface area contributed by atoms with Crippen molar-refractivity contribution in [3.8, 4) is 0 Å². The number of fused-ring (bicyclic) bond motifs is 1. The van der Waals surface area contributed by atoms with E-state index in [0.717, 1.165) is 34.0 Å². The first-order valence-electron chi connectivity index (χ1n) is 10.7. The lowest BCUT2D eigenvalue weighted by Crippen LogP contribution is -2.38. The Bertz CT molecular complexity index is 1250. The molecule has 0 saturated heterocycles. The highest BCUT2D eigenvalue weighted by atomic mass is 32.2. The van der Waals surface area contributed by atoms with Gasteiger partial charge in [0.25, 0.3) is 10.0 Å². The molecule has 0 fully saturated rings. The maximum absolute atomic E-state index is 13.4. The second-order valence-corrected chi connectivity index (χ2v) is 10.5. The molecule has 0 saturated carbocycles. The van der Waals surface area contributed by atoms with E-state index >= 15 is 0 Å². The first kappa shape index (κ1) is 23.0. The van der Waals surface area contributed by atoms with E-state index in [1.54, 1.807) is 55.5 Å². The zero-order valence-corrected chi connectivity index (χ0v) is 19.7. The van der Waals surface area contributed by atoms with E-state index in [4.69, 9.17) is 4.74 Å². The summed E-state index contributed by atoms with van der Waals surface area (Å²) in [6, 6.07) is 16.4. The van der Waals surface area contributed by atoms with Crippen molar-refractivity contribution in [3.63, 3.8) is 0 Å². The van der Waals surface area contributed by atoms with Gasteiger partial charge in [-0.15, -0.1) is 11.3 Å². The lowest BCUT2D eigenvalue weighted by Gasteiger charge is -2.24. The number of anilines is 2. The Morgan fingerprint density at radius 3 is 2.36 bits per heavy atom. The first-order valence-corrected chi connectivity index (χ1v) is 12.9. The monoisotopic (exact) mass is 484 g/mol. The van der Waals surface area contributed by atoms with Crippen LogP contribution in [-0.2, 0) is 32.4 Å². The van der Waals surface area contributed by atoms with Crippen molar-refractivity contribution in [1.29, 1.82) is 0 Å². The van der Waals surface area contributed by atoms with Crippen LogP contribution >= 0.6 is 11.3 Å². The summed E-state index contributed by atoms with van der Waals surface area (Å²) in [5.74, 6) is -1.01. The van der Waals surface area contributed by atoms with Crippen LogP contribution in [-0.4, -0.2) is 33.4 Å². The van der Waals surface area contributed by atoms with Crippen molar-refractivity contribution in [2.45, 2.75) is 31.1 Å². The van der Waals surface area contributed by atoms with Crippen molar-refractivity contribution in [1.82, 2.24) is 0 Å². The lowest BCUT2D eigenvalue weighted by molar-refractivity contribution is -0.114. The van der Waals surface area contributed by atoms with Gasteiger partial charge in [-0.3, -0.25) is 9.10 Å². The van der Waals surface area contributed by atoms with Crippen LogP contribution in [0.2, 0.25) is 0 Å². The number of carbonyl (C=O) groups is 2. The van der Waals surface area contributed by atoms with Crippen LogP contribution in [0.15, 0.2) is 65.6 Å². The molecule has 0 unspecified atom stereocenters. The Kier molecular flexibility index (Phi) is 6.80. The summed E-state index contributed by atoms with van der Waals surface area (Å²) in [5.41, 5.74) is 1.68. The van der Waals surface area contributed by atoms with Gasteiger partial charge < -0.3 is 10.1 Å². The van der Waals surface area contributed by atoms with E-state index in [9.17, 15) is 18.0 Å². The molecule has 0 atom stereocenters. The molecule has 1 heterocycles. The third-order valence-corrected chi connectivity index (χ3v) is 8.31. The van der Waals surface area contributed by atoms with E-state index < -0.39 is 28.4 Å². The number of nitrogens with zero attached hydrogens (tertiary/aromatic N) is 1. The lowest BCUT2D eigenvalue weighted by atomic mass is 10.1. The minimum Gasteiger partial charge on any atom is -0.462 e. The van der Waals surface area contributed by atoms with Crippen molar-refractivity contribution in [2.24, 2.45) is 0 Å². The van der Waals surface area contributed by atoms with E-state index in [1.807, 2.05) is 0 Å². The molecule has 9 heteroatoms. The molecule has 2 aromatic carbocycles. The summed E-state index contributed by atoms with van der Waals surface area (Å²) in [5, 5.41) is 3.19. The molecule has 1 aromatic heterocycles. The average molecular weight is 485 g/mol. The fourth-order valence-electron chi connectivity index (χ4n) is 3.84. The summed E-state index contributed by atoms with van der Waals surface area (Å²) in [6.07, 6.45) is 2.56. The van der Waals surface area contributed by atoms with Crippen molar-refractivity contribution in [2.75, 3.05) is 22.8 Å². The van der Waals surface area contributed by atoms with Crippen LogP contribution in [0.1, 0.15) is 34.1 Å². The first-order chi connectivity index (χ1) is 15.9. The van der Waals surface area contributed by atoms with Crippen molar-refractivity contribution in [3.05, 3.63) is 76.7 Å². The third kappa shape index (κ3) is 4.79. The maximum atomic E-state index is 13.4. The molecule has 4 rings (SSSR count). The van der Waals surface area contributed by atoms with Gasteiger partial charge in [-0.25, -0.2) is 13.2 Å². The minimum absolute atomic E-state index is 0.0870. The Morgan fingerprint density at radius 2 is 1.70 bits per heavy atom. The van der Waals surface area contributed by atoms with E-state index in [1.165, 1.54) is 23.5 Å². The van der Waals surface area contributed by atoms with Gasteiger partial charge in [0.15, 0.2) is 0 Å². The molecular weight excluding hydrogens is 460 g/mol. The van der Waals surface area contributed by atoms with Crippen LogP contribution in [0.25, 0.3) is 0 Å². The summed E-state index contributed by atoms with van der Waals surface area (Å²) in [7, 11) is -3.99. The minimum atomic E-state index is -3.99. The van der Waals surface area contributed by atoms with Crippen molar-refractivity contribution < 1.29 is 22.7 Å². The molecular formula is C24H24N2O5S2. The van der Waals surface area contributed by atoms with E-state index in [0.29, 0.717) is 16.3 Å². The summed E-state index contributed by atoms with van der Waals surface area (Å²) < 4.78 is 33.0. The number of aryl methyl sites for hydroxylation is 1. The van der Waals surface area contributed by atoms with Crippen LogP contribution < -0.4 is 9.62 Å². The molecule has 0 bridgehead atoms. The maximum Gasteiger partial charge on any atom is 0.341 e. The smallest absolute Gasteiger partial charge is 0.341 e. The number of hydrogen-bond acceptors (Lipinski definition) is 6. The highest BCUT2D eigenvalue weighted by Gasteiger charge is 2.30. The quantitative estimate of drug-likeness (QED) is 0.483. The molecule has 0 spiro atoms. The Hall–Kier alpha value is -3.17. The van der Waals surface area contributed by atoms with Crippen LogP contribution in [0.5, 0.6) is 0 Å². The summed E-state index contributed by atoms with van der Waals surface area (Å²) in [4.78, 5) is 26.8. The summed E-state index contributed by atoms with van der Waals surface area (Å²) in [6.45, 7) is 1.52. The SMILES string of the molecule is CCOC(=O)c1c(NC(=O)CN(c2ccccc2)S(=O)(=O)c2ccccc2)sc2c1CCC2. The number of nitrogens with one attached hydrogen (secondary N) is 1. The highest BCUT2D eigenvalue weighted by Crippen LogP contribution is 2.39.